The molecule has 0 radical (unpaired) electrons. The van der Waals surface area contributed by atoms with Gasteiger partial charge in [0.25, 0.3) is 0 Å². The van der Waals surface area contributed by atoms with Gasteiger partial charge in [0.1, 0.15) is 12.6 Å². The Bertz CT molecular complexity index is 594. The van der Waals surface area contributed by atoms with Gasteiger partial charge in [-0.05, 0) is 25.7 Å². The number of hydrogen-bond acceptors (Lipinski definition) is 6. The number of fused-ring (bicyclic) bond motifs is 1. The quantitative estimate of drug-likeness (QED) is 0.872. The summed E-state index contributed by atoms with van der Waals surface area (Å²) in [6.07, 6.45) is 6.84. The Morgan fingerprint density at radius 2 is 2.33 bits per heavy atom. The van der Waals surface area contributed by atoms with E-state index in [4.69, 9.17) is 4.74 Å². The maximum Gasteiger partial charge on any atom is 0.167 e. The maximum atomic E-state index is 9.65. The third kappa shape index (κ3) is 2.98. The Morgan fingerprint density at radius 3 is 3.10 bits per heavy atom. The van der Waals surface area contributed by atoms with Crippen LogP contribution in [-0.4, -0.2) is 43.9 Å². The van der Waals surface area contributed by atoms with Gasteiger partial charge in [-0.3, -0.25) is 4.57 Å². The van der Waals surface area contributed by atoms with E-state index in [0.717, 1.165) is 37.0 Å². The van der Waals surface area contributed by atoms with Crippen molar-refractivity contribution < 1.29 is 9.84 Å². The Labute approximate surface area is 123 Å². The average Bonchev–Trinajstić information content (AvgIpc) is 2.98. The minimum absolute atomic E-state index is 0.00716. The first-order chi connectivity index (χ1) is 10.3. The minimum Gasteiger partial charge on any atom is -0.391 e. The lowest BCUT2D eigenvalue weighted by Crippen LogP contribution is -2.19. The van der Waals surface area contributed by atoms with Gasteiger partial charge in [-0.1, -0.05) is 6.92 Å². The Morgan fingerprint density at radius 1 is 1.43 bits per heavy atom. The first-order valence-electron chi connectivity index (χ1n) is 7.50. The summed E-state index contributed by atoms with van der Waals surface area (Å²) in [4.78, 5) is 13.0. The molecule has 2 atom stereocenters. The number of hydrogen-bond donors (Lipinski definition) is 2. The zero-order valence-electron chi connectivity index (χ0n) is 12.2. The van der Waals surface area contributed by atoms with Crippen molar-refractivity contribution in [3.63, 3.8) is 0 Å². The molecule has 3 rings (SSSR count). The third-order valence-corrected chi connectivity index (χ3v) is 3.80. The second-order valence-corrected chi connectivity index (χ2v) is 5.31. The van der Waals surface area contributed by atoms with Crippen molar-refractivity contribution in [3.05, 3.63) is 12.7 Å². The molecule has 0 bridgehead atoms. The molecule has 7 heteroatoms. The fourth-order valence-electron chi connectivity index (χ4n) is 2.49. The fraction of sp³-hybridized carbons (Fsp3) is 0.643. The zero-order chi connectivity index (χ0) is 14.7. The van der Waals surface area contributed by atoms with Gasteiger partial charge < -0.3 is 15.2 Å². The third-order valence-electron chi connectivity index (χ3n) is 3.80. The first-order valence-corrected chi connectivity index (χ1v) is 7.50. The van der Waals surface area contributed by atoms with Crippen molar-refractivity contribution in [3.8, 4) is 0 Å². The van der Waals surface area contributed by atoms with Crippen molar-refractivity contribution in [1.29, 1.82) is 0 Å². The molecule has 2 N–H and O–H groups in total. The minimum atomic E-state index is -0.390. The lowest BCUT2D eigenvalue weighted by atomic mass is 10.2. The van der Waals surface area contributed by atoms with E-state index in [2.05, 4.69) is 20.3 Å². The van der Waals surface area contributed by atoms with Gasteiger partial charge in [-0.15, -0.1) is 0 Å². The average molecular weight is 291 g/mol. The van der Waals surface area contributed by atoms with Gasteiger partial charge in [0.05, 0.1) is 12.4 Å². The van der Waals surface area contributed by atoms with Crippen LogP contribution in [0.2, 0.25) is 0 Å². The van der Waals surface area contributed by atoms with E-state index < -0.39 is 6.10 Å². The number of nitrogens with zero attached hydrogens (tertiary/aromatic N) is 4. The summed E-state index contributed by atoms with van der Waals surface area (Å²) >= 11 is 0. The molecular formula is C14H21N5O2. The van der Waals surface area contributed by atoms with Crippen LogP contribution in [-0.2, 0) is 4.74 Å². The Hall–Kier alpha value is -1.73. The number of aliphatic hydroxyl groups excluding tert-OH is 1. The number of aliphatic hydroxyl groups is 1. The molecule has 0 saturated carbocycles. The molecular weight excluding hydrogens is 270 g/mol. The smallest absolute Gasteiger partial charge is 0.167 e. The van der Waals surface area contributed by atoms with Gasteiger partial charge in [-0.25, -0.2) is 15.0 Å². The van der Waals surface area contributed by atoms with Crippen LogP contribution in [0.3, 0.4) is 0 Å². The van der Waals surface area contributed by atoms with Crippen molar-refractivity contribution in [1.82, 2.24) is 19.5 Å². The molecule has 0 spiro atoms. The maximum absolute atomic E-state index is 9.65. The highest BCUT2D eigenvalue weighted by molar-refractivity contribution is 5.82. The molecule has 0 aromatic carbocycles. The fourth-order valence-corrected chi connectivity index (χ4v) is 2.49. The molecule has 1 aliphatic heterocycles. The number of nitrogens with one attached hydrogen (secondary N) is 1. The van der Waals surface area contributed by atoms with Crippen molar-refractivity contribution in [2.75, 3.05) is 18.5 Å². The molecule has 0 aliphatic carbocycles. The van der Waals surface area contributed by atoms with E-state index in [-0.39, 0.29) is 6.23 Å². The first kappa shape index (κ1) is 14.2. The monoisotopic (exact) mass is 291 g/mol. The van der Waals surface area contributed by atoms with Gasteiger partial charge in [0, 0.05) is 13.2 Å². The molecule has 21 heavy (non-hydrogen) atoms. The summed E-state index contributed by atoms with van der Waals surface area (Å²) in [6.45, 7) is 3.18. The van der Waals surface area contributed by atoms with Gasteiger partial charge in [0.15, 0.2) is 17.0 Å². The van der Waals surface area contributed by atoms with Crippen LogP contribution in [0.4, 0.5) is 5.82 Å². The SMILES string of the molecule is CCC(O)CNc1ncnc2c1ncn2C1CCCCO1. The van der Waals surface area contributed by atoms with Crippen LogP contribution in [0, 0.1) is 0 Å². The molecule has 2 aromatic rings. The van der Waals surface area contributed by atoms with Gasteiger partial charge in [0.2, 0.25) is 0 Å². The summed E-state index contributed by atoms with van der Waals surface area (Å²) in [5, 5.41) is 12.8. The summed E-state index contributed by atoms with van der Waals surface area (Å²) in [5.74, 6) is 0.655. The lowest BCUT2D eigenvalue weighted by Gasteiger charge is -2.23. The van der Waals surface area contributed by atoms with Crippen LogP contribution in [0.5, 0.6) is 0 Å². The largest absolute Gasteiger partial charge is 0.391 e. The van der Waals surface area contributed by atoms with E-state index in [1.54, 1.807) is 6.33 Å². The van der Waals surface area contributed by atoms with Crippen molar-refractivity contribution in [2.45, 2.75) is 44.9 Å². The van der Waals surface area contributed by atoms with E-state index in [9.17, 15) is 5.11 Å². The lowest BCUT2D eigenvalue weighted by molar-refractivity contribution is -0.0298. The number of aromatic nitrogens is 4. The second kappa shape index (κ2) is 6.36. The van der Waals surface area contributed by atoms with E-state index in [0.29, 0.717) is 18.8 Å². The molecule has 7 nitrogen and oxygen atoms in total. The Balaban J connectivity index is 1.85. The van der Waals surface area contributed by atoms with E-state index >= 15 is 0 Å². The van der Waals surface area contributed by atoms with E-state index in [1.165, 1.54) is 6.33 Å². The van der Waals surface area contributed by atoms with Crippen LogP contribution < -0.4 is 5.32 Å². The molecule has 0 amide bonds. The van der Waals surface area contributed by atoms with Crippen molar-refractivity contribution in [2.24, 2.45) is 0 Å². The molecule has 1 saturated heterocycles. The summed E-state index contributed by atoms with van der Waals surface area (Å²) in [6, 6.07) is 0. The topological polar surface area (TPSA) is 85.1 Å². The van der Waals surface area contributed by atoms with E-state index in [1.807, 2.05) is 11.5 Å². The number of rotatable bonds is 5. The molecule has 3 heterocycles. The highest BCUT2D eigenvalue weighted by Crippen LogP contribution is 2.27. The molecule has 114 valence electrons. The van der Waals surface area contributed by atoms with Crippen LogP contribution >= 0.6 is 0 Å². The zero-order valence-corrected chi connectivity index (χ0v) is 12.2. The summed E-state index contributed by atoms with van der Waals surface area (Å²) in [7, 11) is 0. The second-order valence-electron chi connectivity index (χ2n) is 5.31. The molecule has 2 aromatic heterocycles. The highest BCUT2D eigenvalue weighted by Gasteiger charge is 2.20. The van der Waals surface area contributed by atoms with Gasteiger partial charge >= 0.3 is 0 Å². The standard InChI is InChI=1S/C14H21N5O2/c1-2-10(20)7-15-13-12-14(17-8-16-13)19(9-18-12)11-5-3-4-6-21-11/h8-11,20H,2-7H2,1H3,(H,15,16,17). The normalized spacial score (nSPS) is 20.6. The van der Waals surface area contributed by atoms with Crippen LogP contribution in [0.1, 0.15) is 38.8 Å². The molecule has 1 fully saturated rings. The van der Waals surface area contributed by atoms with Crippen LogP contribution in [0.15, 0.2) is 12.7 Å². The predicted octanol–water partition coefficient (Wildman–Crippen LogP) is 1.71. The van der Waals surface area contributed by atoms with Crippen molar-refractivity contribution >= 4 is 17.0 Å². The number of ether oxygens (including phenoxy) is 1. The molecule has 1 aliphatic rings. The molecule has 2 unspecified atom stereocenters. The van der Waals surface area contributed by atoms with Crippen LogP contribution in [0.25, 0.3) is 11.2 Å². The highest BCUT2D eigenvalue weighted by atomic mass is 16.5. The Kier molecular flexibility index (Phi) is 4.31. The summed E-state index contributed by atoms with van der Waals surface area (Å²) < 4.78 is 7.76. The predicted molar refractivity (Wildman–Crippen MR) is 79.0 cm³/mol. The summed E-state index contributed by atoms with van der Waals surface area (Å²) in [5.41, 5.74) is 1.49. The van der Waals surface area contributed by atoms with Gasteiger partial charge in [-0.2, -0.15) is 0 Å². The number of imidazole rings is 1. The number of anilines is 1.